The normalized spacial score (nSPS) is 22.1. The number of halogens is 2. The highest BCUT2D eigenvalue weighted by Crippen LogP contribution is 2.43. The lowest BCUT2D eigenvalue weighted by Gasteiger charge is -2.27. The van der Waals surface area contributed by atoms with Crippen LogP contribution >= 0.6 is 23.2 Å². The molecule has 0 heterocycles. The Morgan fingerprint density at radius 2 is 1.94 bits per heavy atom. The Morgan fingerprint density at radius 3 is 2.56 bits per heavy atom. The molecule has 0 radical (unpaired) electrons. The summed E-state index contributed by atoms with van der Waals surface area (Å²) >= 11 is 12.4. The van der Waals surface area contributed by atoms with Gasteiger partial charge in [0.15, 0.2) is 0 Å². The second-order valence-corrected chi connectivity index (χ2v) is 5.31. The third-order valence-corrected chi connectivity index (χ3v) is 3.97. The van der Waals surface area contributed by atoms with Gasteiger partial charge in [-0.2, -0.15) is 0 Å². The molecule has 0 spiro atoms. The minimum Gasteiger partial charge on any atom is -0.478 e. The fourth-order valence-corrected chi connectivity index (χ4v) is 3.20. The van der Waals surface area contributed by atoms with Crippen molar-refractivity contribution in [2.24, 2.45) is 0 Å². The molecule has 1 N–H and O–H groups in total. The van der Waals surface area contributed by atoms with Crippen molar-refractivity contribution < 1.29 is 9.90 Å². The Hall–Kier alpha value is -0.990. The van der Waals surface area contributed by atoms with Crippen LogP contribution < -0.4 is 0 Å². The van der Waals surface area contributed by atoms with Crippen LogP contribution in [0.3, 0.4) is 0 Å². The van der Waals surface area contributed by atoms with E-state index in [0.717, 1.165) is 36.8 Å². The summed E-state index contributed by atoms with van der Waals surface area (Å²) in [5.74, 6) is -0.865. The van der Waals surface area contributed by atoms with E-state index in [-0.39, 0.29) is 5.92 Å². The fraction of sp³-hybridized carbons (Fsp3) is 0.357. The van der Waals surface area contributed by atoms with Crippen molar-refractivity contribution in [2.45, 2.75) is 31.6 Å². The van der Waals surface area contributed by atoms with Crippen LogP contribution in [0.25, 0.3) is 0 Å². The first kappa shape index (κ1) is 13.4. The third kappa shape index (κ3) is 2.88. The van der Waals surface area contributed by atoms with Gasteiger partial charge in [-0.3, -0.25) is 0 Å². The number of rotatable bonds is 2. The second kappa shape index (κ2) is 5.77. The van der Waals surface area contributed by atoms with Crippen molar-refractivity contribution in [2.75, 3.05) is 0 Å². The molecule has 1 unspecified atom stereocenters. The number of carbonyl (C=O) groups is 1. The molecule has 1 aromatic rings. The van der Waals surface area contributed by atoms with E-state index in [1.54, 1.807) is 18.2 Å². The molecule has 18 heavy (non-hydrogen) atoms. The Kier molecular flexibility index (Phi) is 4.31. The van der Waals surface area contributed by atoms with Crippen LogP contribution in [-0.2, 0) is 4.79 Å². The van der Waals surface area contributed by atoms with Crippen LogP contribution in [0, 0.1) is 0 Å². The van der Waals surface area contributed by atoms with E-state index in [1.165, 1.54) is 6.08 Å². The zero-order chi connectivity index (χ0) is 13.1. The maximum Gasteiger partial charge on any atom is 0.328 e. The third-order valence-electron chi connectivity index (χ3n) is 3.31. The lowest BCUT2D eigenvalue weighted by molar-refractivity contribution is -0.131. The van der Waals surface area contributed by atoms with E-state index in [4.69, 9.17) is 28.3 Å². The Balaban J connectivity index is 2.43. The molecule has 0 amide bonds. The van der Waals surface area contributed by atoms with Crippen LogP contribution in [0.15, 0.2) is 29.8 Å². The van der Waals surface area contributed by atoms with E-state index in [0.29, 0.717) is 10.0 Å². The molecule has 4 heteroatoms. The first-order valence-corrected chi connectivity index (χ1v) is 6.72. The molecule has 0 saturated heterocycles. The van der Waals surface area contributed by atoms with Crippen LogP contribution in [0.2, 0.25) is 10.0 Å². The SMILES string of the molecule is O=C(O)/C=C1\CCCCC1c1c(Cl)cccc1Cl. The quantitative estimate of drug-likeness (QED) is 0.802. The number of carboxylic acid groups (broad SMARTS) is 1. The van der Waals surface area contributed by atoms with Crippen LogP contribution in [0.1, 0.15) is 37.2 Å². The van der Waals surface area contributed by atoms with E-state index in [1.807, 2.05) is 0 Å². The monoisotopic (exact) mass is 284 g/mol. The molecule has 0 aromatic heterocycles. The molecular formula is C14H14Cl2O2. The zero-order valence-electron chi connectivity index (χ0n) is 9.83. The van der Waals surface area contributed by atoms with Crippen LogP contribution in [-0.4, -0.2) is 11.1 Å². The topological polar surface area (TPSA) is 37.3 Å². The number of allylic oxidation sites excluding steroid dienone is 1. The molecule has 0 bridgehead atoms. The summed E-state index contributed by atoms with van der Waals surface area (Å²) in [6, 6.07) is 5.41. The first-order valence-electron chi connectivity index (χ1n) is 5.97. The number of benzene rings is 1. The minimum atomic E-state index is -0.903. The van der Waals surface area contributed by atoms with Crippen molar-refractivity contribution in [3.05, 3.63) is 45.5 Å². The molecule has 2 rings (SSSR count). The maximum atomic E-state index is 10.9. The van der Waals surface area contributed by atoms with Gasteiger partial charge in [0.05, 0.1) is 0 Å². The highest BCUT2D eigenvalue weighted by Gasteiger charge is 2.25. The lowest BCUT2D eigenvalue weighted by Crippen LogP contribution is -2.11. The van der Waals surface area contributed by atoms with E-state index >= 15 is 0 Å². The predicted molar refractivity (Wildman–Crippen MR) is 73.4 cm³/mol. The predicted octanol–water partition coefficient (Wildman–Crippen LogP) is 4.66. The molecule has 96 valence electrons. The summed E-state index contributed by atoms with van der Waals surface area (Å²) in [5, 5.41) is 10.2. The van der Waals surface area contributed by atoms with Crippen molar-refractivity contribution in [1.82, 2.24) is 0 Å². The number of carboxylic acids is 1. The fourth-order valence-electron chi connectivity index (χ4n) is 2.54. The molecule has 1 aliphatic rings. The van der Waals surface area contributed by atoms with Gasteiger partial charge in [0, 0.05) is 22.0 Å². The summed E-state index contributed by atoms with van der Waals surface area (Å²) in [4.78, 5) is 10.9. The molecule has 1 saturated carbocycles. The molecule has 1 aliphatic carbocycles. The maximum absolute atomic E-state index is 10.9. The summed E-state index contributed by atoms with van der Waals surface area (Å²) < 4.78 is 0. The molecule has 0 aliphatic heterocycles. The number of hydrogen-bond donors (Lipinski definition) is 1. The average molecular weight is 285 g/mol. The minimum absolute atomic E-state index is 0.0380. The standard InChI is InChI=1S/C14H14Cl2O2/c15-11-6-3-7-12(16)14(11)10-5-2-1-4-9(10)8-13(17)18/h3,6-8,10H,1-2,4-5H2,(H,17,18)/b9-8+. The van der Waals surface area contributed by atoms with Gasteiger partial charge in [0.25, 0.3) is 0 Å². The van der Waals surface area contributed by atoms with E-state index in [2.05, 4.69) is 0 Å². The van der Waals surface area contributed by atoms with Gasteiger partial charge in [-0.15, -0.1) is 0 Å². The first-order chi connectivity index (χ1) is 8.59. The molecule has 1 aromatic carbocycles. The van der Waals surface area contributed by atoms with Gasteiger partial charge in [-0.25, -0.2) is 4.79 Å². The lowest BCUT2D eigenvalue weighted by atomic mass is 9.79. The van der Waals surface area contributed by atoms with Gasteiger partial charge in [-0.05, 0) is 37.0 Å². The average Bonchev–Trinajstić information content (AvgIpc) is 2.30. The van der Waals surface area contributed by atoms with Crippen molar-refractivity contribution >= 4 is 29.2 Å². The van der Waals surface area contributed by atoms with Gasteiger partial charge in [0.2, 0.25) is 0 Å². The molecule has 2 nitrogen and oxygen atoms in total. The Labute approximate surface area is 116 Å². The largest absolute Gasteiger partial charge is 0.478 e. The summed E-state index contributed by atoms with van der Waals surface area (Å²) in [6.07, 6.45) is 5.12. The van der Waals surface area contributed by atoms with Gasteiger partial charge in [-0.1, -0.05) is 41.3 Å². The summed E-state index contributed by atoms with van der Waals surface area (Å²) in [6.45, 7) is 0. The smallest absolute Gasteiger partial charge is 0.328 e. The molecular weight excluding hydrogens is 271 g/mol. The van der Waals surface area contributed by atoms with E-state index in [9.17, 15) is 4.79 Å². The highest BCUT2D eigenvalue weighted by molar-refractivity contribution is 6.36. The van der Waals surface area contributed by atoms with Crippen molar-refractivity contribution in [3.63, 3.8) is 0 Å². The van der Waals surface area contributed by atoms with Crippen LogP contribution in [0.5, 0.6) is 0 Å². The molecule has 1 fully saturated rings. The van der Waals surface area contributed by atoms with Gasteiger partial charge in [0.1, 0.15) is 0 Å². The number of hydrogen-bond acceptors (Lipinski definition) is 1. The summed E-state index contributed by atoms with van der Waals surface area (Å²) in [5.41, 5.74) is 1.79. The molecule has 1 atom stereocenters. The van der Waals surface area contributed by atoms with Gasteiger partial charge < -0.3 is 5.11 Å². The van der Waals surface area contributed by atoms with Crippen molar-refractivity contribution in [1.29, 1.82) is 0 Å². The second-order valence-electron chi connectivity index (χ2n) is 4.49. The zero-order valence-corrected chi connectivity index (χ0v) is 11.3. The van der Waals surface area contributed by atoms with Crippen molar-refractivity contribution in [3.8, 4) is 0 Å². The van der Waals surface area contributed by atoms with E-state index < -0.39 is 5.97 Å². The Bertz CT molecular complexity index is 474. The number of aliphatic carboxylic acids is 1. The summed E-state index contributed by atoms with van der Waals surface area (Å²) in [7, 11) is 0. The highest BCUT2D eigenvalue weighted by atomic mass is 35.5. The van der Waals surface area contributed by atoms with Crippen LogP contribution in [0.4, 0.5) is 0 Å². The Morgan fingerprint density at radius 1 is 1.28 bits per heavy atom. The van der Waals surface area contributed by atoms with Gasteiger partial charge >= 0.3 is 5.97 Å².